The normalized spacial score (nSPS) is 21.4. The average molecular weight is 376 g/mol. The molecule has 0 saturated carbocycles. The molecule has 0 amide bonds. The molecule has 1 fully saturated rings. The maximum Gasteiger partial charge on any atom is 0.243 e. The Morgan fingerprint density at radius 3 is 2.62 bits per heavy atom. The molecule has 0 N–H and O–H groups in total. The van der Waals surface area contributed by atoms with E-state index in [4.69, 9.17) is 9.15 Å². The highest BCUT2D eigenvalue weighted by Crippen LogP contribution is 2.25. The topological polar surface area (TPSA) is 72.6 Å². The molecule has 8 heteroatoms. The fourth-order valence-corrected chi connectivity index (χ4v) is 4.44. The molecular weight excluding hydrogens is 359 g/mol. The van der Waals surface area contributed by atoms with Crippen molar-refractivity contribution in [3.8, 4) is 0 Å². The second-order valence-corrected chi connectivity index (χ2v) is 8.01. The van der Waals surface area contributed by atoms with Gasteiger partial charge in [0.2, 0.25) is 15.9 Å². The van der Waals surface area contributed by atoms with Crippen LogP contribution >= 0.6 is 0 Å². The molecule has 4 rings (SSSR count). The Morgan fingerprint density at radius 2 is 1.85 bits per heavy atom. The van der Waals surface area contributed by atoms with Crippen LogP contribution in [-0.4, -0.2) is 43.1 Å². The Balaban J connectivity index is 1.44. The van der Waals surface area contributed by atoms with Crippen LogP contribution in [0.15, 0.2) is 63.9 Å². The number of aromatic nitrogens is 1. The fourth-order valence-electron chi connectivity index (χ4n) is 2.96. The Hall–Kier alpha value is -2.29. The summed E-state index contributed by atoms with van der Waals surface area (Å²) in [6, 6.07) is 15.3. The molecule has 1 saturated heterocycles. The van der Waals surface area contributed by atoms with Gasteiger partial charge in [0.15, 0.2) is 5.58 Å². The molecule has 0 bridgehead atoms. The molecule has 2 atom stereocenters. The first-order valence-electron chi connectivity index (χ1n) is 8.19. The Bertz CT molecular complexity index is 973. The summed E-state index contributed by atoms with van der Waals surface area (Å²) in [7, 11) is -3.73. The van der Waals surface area contributed by atoms with Gasteiger partial charge >= 0.3 is 0 Å². The van der Waals surface area contributed by atoms with E-state index in [0.29, 0.717) is 17.0 Å². The smallest absolute Gasteiger partial charge is 0.243 e. The molecular formula is C18H17FN2O4S. The average Bonchev–Trinajstić information content (AvgIpc) is 3.24. The maximum atomic E-state index is 14.3. The van der Waals surface area contributed by atoms with Crippen molar-refractivity contribution < 1.29 is 22.0 Å². The molecule has 0 spiro atoms. The second kappa shape index (κ2) is 6.79. The molecule has 2 heterocycles. The third-order valence-corrected chi connectivity index (χ3v) is 6.15. The van der Waals surface area contributed by atoms with Crippen LogP contribution in [0.4, 0.5) is 4.39 Å². The number of benzene rings is 2. The summed E-state index contributed by atoms with van der Waals surface area (Å²) >= 11 is 0. The van der Waals surface area contributed by atoms with Crippen molar-refractivity contribution >= 4 is 21.1 Å². The first kappa shape index (κ1) is 17.1. The lowest BCUT2D eigenvalue weighted by molar-refractivity contribution is 0.00381. The van der Waals surface area contributed by atoms with Gasteiger partial charge in [-0.25, -0.2) is 17.8 Å². The molecule has 136 valence electrons. The van der Waals surface area contributed by atoms with Crippen LogP contribution in [0.5, 0.6) is 0 Å². The lowest BCUT2D eigenvalue weighted by atomic mass is 10.3. The highest BCUT2D eigenvalue weighted by molar-refractivity contribution is 7.89. The number of rotatable bonds is 5. The Labute approximate surface area is 150 Å². The summed E-state index contributed by atoms with van der Waals surface area (Å²) in [5.41, 5.74) is 1.32. The third-order valence-electron chi connectivity index (χ3n) is 4.31. The van der Waals surface area contributed by atoms with Crippen LogP contribution < -0.4 is 0 Å². The van der Waals surface area contributed by atoms with Crippen molar-refractivity contribution in [2.45, 2.75) is 23.8 Å². The molecule has 0 aliphatic carbocycles. The number of oxazole rings is 1. The van der Waals surface area contributed by atoms with Gasteiger partial charge in [-0.15, -0.1) is 0 Å². The zero-order valence-corrected chi connectivity index (χ0v) is 14.6. The highest BCUT2D eigenvalue weighted by Gasteiger charge is 2.40. The van der Waals surface area contributed by atoms with Gasteiger partial charge in [-0.1, -0.05) is 30.3 Å². The summed E-state index contributed by atoms with van der Waals surface area (Å²) in [4.78, 5) is 4.41. The first-order valence-corrected chi connectivity index (χ1v) is 9.63. The minimum atomic E-state index is -3.73. The van der Waals surface area contributed by atoms with Gasteiger partial charge in [-0.3, -0.25) is 0 Å². The number of halogens is 1. The quantitative estimate of drug-likeness (QED) is 0.685. The lowest BCUT2D eigenvalue weighted by Crippen LogP contribution is -2.30. The third kappa shape index (κ3) is 3.23. The van der Waals surface area contributed by atoms with Gasteiger partial charge in [0.1, 0.15) is 24.4 Å². The molecule has 1 aliphatic heterocycles. The van der Waals surface area contributed by atoms with Gasteiger partial charge in [0.25, 0.3) is 0 Å². The monoisotopic (exact) mass is 376 g/mol. The SMILES string of the molecule is O=S(=O)(c1ccccc1)N1CC(F)C(OCc2nc3ccccc3o2)C1. The summed E-state index contributed by atoms with van der Waals surface area (Å²) in [6.45, 7) is -0.285. The molecule has 1 aliphatic rings. The molecule has 26 heavy (non-hydrogen) atoms. The summed E-state index contributed by atoms with van der Waals surface area (Å²) in [6.07, 6.45) is -2.26. The standard InChI is InChI=1S/C18H17FN2O4S/c19-14-10-21(26(22,23)13-6-2-1-3-7-13)11-17(14)24-12-18-20-15-8-4-5-9-16(15)25-18/h1-9,14,17H,10-12H2. The van der Waals surface area contributed by atoms with Crippen molar-refractivity contribution in [2.75, 3.05) is 13.1 Å². The van der Waals surface area contributed by atoms with Crippen LogP contribution in [0, 0.1) is 0 Å². The number of alkyl halides is 1. The number of hydrogen-bond acceptors (Lipinski definition) is 5. The Morgan fingerprint density at radius 1 is 1.12 bits per heavy atom. The second-order valence-electron chi connectivity index (χ2n) is 6.08. The molecule has 2 aromatic carbocycles. The van der Waals surface area contributed by atoms with Crippen LogP contribution in [0.25, 0.3) is 11.1 Å². The van der Waals surface area contributed by atoms with E-state index in [-0.39, 0.29) is 24.6 Å². The van der Waals surface area contributed by atoms with Gasteiger partial charge < -0.3 is 9.15 Å². The molecule has 3 aromatic rings. The van der Waals surface area contributed by atoms with Crippen LogP contribution in [0.2, 0.25) is 0 Å². The first-order chi connectivity index (χ1) is 12.5. The number of ether oxygens (including phenoxy) is 1. The molecule has 1 aromatic heterocycles. The van der Waals surface area contributed by atoms with E-state index in [2.05, 4.69) is 4.98 Å². The maximum absolute atomic E-state index is 14.3. The van der Waals surface area contributed by atoms with Gasteiger partial charge in [-0.05, 0) is 24.3 Å². The zero-order valence-electron chi connectivity index (χ0n) is 13.8. The number of hydrogen-bond donors (Lipinski definition) is 0. The van der Waals surface area contributed by atoms with Crippen molar-refractivity contribution in [3.05, 3.63) is 60.5 Å². The van der Waals surface area contributed by atoms with E-state index in [1.165, 1.54) is 12.1 Å². The number of fused-ring (bicyclic) bond motifs is 1. The van der Waals surface area contributed by atoms with E-state index in [0.717, 1.165) is 4.31 Å². The van der Waals surface area contributed by atoms with Gasteiger partial charge in [0.05, 0.1) is 4.90 Å². The highest BCUT2D eigenvalue weighted by atomic mass is 32.2. The minimum absolute atomic E-state index is 0.0149. The predicted molar refractivity (Wildman–Crippen MR) is 92.7 cm³/mol. The van der Waals surface area contributed by atoms with Crippen LogP contribution in [-0.2, 0) is 21.4 Å². The fraction of sp³-hybridized carbons (Fsp3) is 0.278. The van der Waals surface area contributed by atoms with Crippen molar-refractivity contribution in [3.63, 3.8) is 0 Å². The largest absolute Gasteiger partial charge is 0.438 e. The molecule has 2 unspecified atom stereocenters. The van der Waals surface area contributed by atoms with Crippen LogP contribution in [0.3, 0.4) is 0 Å². The number of para-hydroxylation sites is 2. The van der Waals surface area contributed by atoms with E-state index in [1.54, 1.807) is 24.3 Å². The van der Waals surface area contributed by atoms with Gasteiger partial charge in [0, 0.05) is 13.1 Å². The van der Waals surface area contributed by atoms with E-state index >= 15 is 0 Å². The molecule has 6 nitrogen and oxygen atoms in total. The molecule has 0 radical (unpaired) electrons. The van der Waals surface area contributed by atoms with Crippen molar-refractivity contribution in [2.24, 2.45) is 0 Å². The predicted octanol–water partition coefficient (Wildman–Crippen LogP) is 2.76. The van der Waals surface area contributed by atoms with E-state index in [9.17, 15) is 12.8 Å². The lowest BCUT2D eigenvalue weighted by Gasteiger charge is -2.16. The Kier molecular flexibility index (Phi) is 4.47. The minimum Gasteiger partial charge on any atom is -0.438 e. The summed E-state index contributed by atoms with van der Waals surface area (Å²) in [5, 5.41) is 0. The summed E-state index contributed by atoms with van der Waals surface area (Å²) < 4.78 is 51.7. The summed E-state index contributed by atoms with van der Waals surface area (Å²) in [5.74, 6) is 0.336. The van der Waals surface area contributed by atoms with E-state index in [1.807, 2.05) is 18.2 Å². The van der Waals surface area contributed by atoms with E-state index < -0.39 is 22.3 Å². The number of sulfonamides is 1. The van der Waals surface area contributed by atoms with Crippen molar-refractivity contribution in [1.29, 1.82) is 0 Å². The van der Waals surface area contributed by atoms with Crippen molar-refractivity contribution in [1.82, 2.24) is 9.29 Å². The number of nitrogens with zero attached hydrogens (tertiary/aromatic N) is 2. The van der Waals surface area contributed by atoms with Gasteiger partial charge in [-0.2, -0.15) is 4.31 Å². The van der Waals surface area contributed by atoms with Crippen LogP contribution in [0.1, 0.15) is 5.89 Å². The zero-order chi connectivity index (χ0) is 18.1.